The summed E-state index contributed by atoms with van der Waals surface area (Å²) in [6.45, 7) is 2.23. The first-order valence-corrected chi connectivity index (χ1v) is 26.0. The molecule has 0 saturated carbocycles. The summed E-state index contributed by atoms with van der Waals surface area (Å²) in [4.78, 5) is 103. The molecule has 0 radical (unpaired) electrons. The highest BCUT2D eigenvalue weighted by Crippen LogP contribution is 2.24. The van der Waals surface area contributed by atoms with Crippen molar-refractivity contribution >= 4 is 73.8 Å². The molecule has 20 nitrogen and oxygen atoms in total. The highest BCUT2D eigenvalue weighted by molar-refractivity contribution is 8.76. The standard InChI is InChI=1S/C49H66N10O10S2/c1-28(61)39(25-60)56-48(68)41-27-71-70-26-40(57-43(63)34(51)21-30-13-5-3-6-14-30)47(67)54-37(22-31-15-7-4-8-16-31)45(65)55-38(23-32-24-52-35-18-10-9-17-33(32)35)46(66)53-36(19-11-12-20-50)44(64)59-42(29(2)62)49(69)58-41/h3-10,13-18,24,28-29,34,36-42,52,60-62H,11-12,19-23,25-27,50-51H2,1-2H3,(H,53,66)(H,54,67)(H,55,65)(H,56,68)(H,57,63)(H,58,69)(H,59,64)/t28-,29?,34?,36?,37?,38?,39-,40?,41?,42?/m1/s1. The number of rotatable bonds is 17. The van der Waals surface area contributed by atoms with Crippen molar-refractivity contribution in [3.63, 3.8) is 0 Å². The average molecular weight is 1020 g/mol. The zero-order chi connectivity index (χ0) is 51.5. The predicted octanol–water partition coefficient (Wildman–Crippen LogP) is -0.805. The van der Waals surface area contributed by atoms with Gasteiger partial charge in [-0.1, -0.05) is 100 Å². The third kappa shape index (κ3) is 17.1. The topological polar surface area (TPSA) is 332 Å². The summed E-state index contributed by atoms with van der Waals surface area (Å²) in [5.41, 5.74) is 15.0. The van der Waals surface area contributed by atoms with Gasteiger partial charge in [-0.2, -0.15) is 0 Å². The molecule has 15 N–H and O–H groups in total. The predicted molar refractivity (Wildman–Crippen MR) is 272 cm³/mol. The summed E-state index contributed by atoms with van der Waals surface area (Å²) in [5.74, 6) is -6.01. The van der Waals surface area contributed by atoms with Crippen LogP contribution in [-0.2, 0) is 52.8 Å². The monoisotopic (exact) mass is 1020 g/mol. The lowest BCUT2D eigenvalue weighted by atomic mass is 10.0. The van der Waals surface area contributed by atoms with Crippen LogP contribution in [0.4, 0.5) is 0 Å². The van der Waals surface area contributed by atoms with Crippen LogP contribution >= 0.6 is 21.6 Å². The number of benzene rings is 3. The lowest BCUT2D eigenvalue weighted by Gasteiger charge is -2.29. The van der Waals surface area contributed by atoms with Crippen molar-refractivity contribution in [3.05, 3.63) is 108 Å². The Kier molecular flexibility index (Phi) is 22.2. The summed E-state index contributed by atoms with van der Waals surface area (Å²) < 4.78 is 0. The molecule has 2 heterocycles. The maximum absolute atomic E-state index is 14.7. The quantitative estimate of drug-likeness (QED) is 0.0455. The number of unbranched alkanes of at least 4 members (excludes halogenated alkanes) is 1. The Hall–Kier alpha value is -6.01. The summed E-state index contributed by atoms with van der Waals surface area (Å²) in [5, 5.41) is 50.5. The van der Waals surface area contributed by atoms with Crippen LogP contribution < -0.4 is 48.7 Å². The minimum absolute atomic E-state index is 0.0340. The SMILES string of the molecule is CC(O)C1NC(=O)C(CCCCN)NC(=O)C(Cc2c[nH]c3ccccc23)NC(=O)C(Cc2ccccc2)NC(=O)C(NC(=O)C(N)Cc2ccccc2)CSSCC(C(=O)N[C@H](CO)[C@@H](C)O)NC1=O. The largest absolute Gasteiger partial charge is 0.394 e. The van der Waals surface area contributed by atoms with Crippen molar-refractivity contribution in [3.8, 4) is 0 Å². The Bertz CT molecular complexity index is 2400. The van der Waals surface area contributed by atoms with Gasteiger partial charge in [0.25, 0.3) is 0 Å². The number of nitrogens with one attached hydrogen (secondary N) is 8. The molecule has 7 amide bonds. The molecule has 22 heteroatoms. The van der Waals surface area contributed by atoms with Gasteiger partial charge in [-0.25, -0.2) is 0 Å². The second-order valence-electron chi connectivity index (χ2n) is 17.5. The van der Waals surface area contributed by atoms with Crippen LogP contribution in [0.5, 0.6) is 0 Å². The minimum Gasteiger partial charge on any atom is -0.394 e. The molecular weight excluding hydrogens is 953 g/mol. The third-order valence-electron chi connectivity index (χ3n) is 11.9. The summed E-state index contributed by atoms with van der Waals surface area (Å²) in [6.07, 6.45) is -0.156. The summed E-state index contributed by atoms with van der Waals surface area (Å²) in [7, 11) is 2.06. The van der Waals surface area contributed by atoms with E-state index in [2.05, 4.69) is 42.2 Å². The molecule has 1 aromatic heterocycles. The van der Waals surface area contributed by atoms with Gasteiger partial charge < -0.3 is 69.0 Å². The number of carbonyl (C=O) groups excluding carboxylic acids is 7. The van der Waals surface area contributed by atoms with Crippen molar-refractivity contribution in [2.75, 3.05) is 24.7 Å². The number of hydrogen-bond acceptors (Lipinski definition) is 14. The van der Waals surface area contributed by atoms with E-state index in [-0.39, 0.29) is 43.7 Å². The lowest BCUT2D eigenvalue weighted by Crippen LogP contribution is -2.62. The number of fused-ring (bicyclic) bond motifs is 1. The molecule has 10 atom stereocenters. The molecule has 0 spiro atoms. The number of aliphatic hydroxyl groups is 3. The second-order valence-corrected chi connectivity index (χ2v) is 20.0. The van der Waals surface area contributed by atoms with Gasteiger partial charge in [0.1, 0.15) is 36.3 Å². The maximum Gasteiger partial charge on any atom is 0.245 e. The fourth-order valence-electron chi connectivity index (χ4n) is 7.73. The normalized spacial score (nSPS) is 22.8. The minimum atomic E-state index is -1.66. The number of aliphatic hydroxyl groups excluding tert-OH is 3. The summed E-state index contributed by atoms with van der Waals surface area (Å²) in [6, 6.07) is 14.6. The van der Waals surface area contributed by atoms with Crippen LogP contribution in [0.25, 0.3) is 10.9 Å². The Morgan fingerprint density at radius 3 is 1.96 bits per heavy atom. The molecule has 5 rings (SSSR count). The van der Waals surface area contributed by atoms with Gasteiger partial charge in [-0.3, -0.25) is 33.6 Å². The second kappa shape index (κ2) is 28.1. The van der Waals surface area contributed by atoms with Crippen molar-refractivity contribution in [1.82, 2.24) is 42.2 Å². The van der Waals surface area contributed by atoms with Crippen LogP contribution in [0.3, 0.4) is 0 Å². The Morgan fingerprint density at radius 1 is 0.718 bits per heavy atom. The molecule has 1 fully saturated rings. The van der Waals surface area contributed by atoms with Crippen LogP contribution in [0.2, 0.25) is 0 Å². The van der Waals surface area contributed by atoms with E-state index in [4.69, 9.17) is 11.5 Å². The molecule has 1 aliphatic heterocycles. The first-order valence-electron chi connectivity index (χ1n) is 23.5. The first kappa shape index (κ1) is 55.9. The molecule has 0 aliphatic carbocycles. The van der Waals surface area contributed by atoms with E-state index in [1.165, 1.54) is 13.8 Å². The molecule has 3 aromatic carbocycles. The molecule has 1 aliphatic rings. The van der Waals surface area contributed by atoms with E-state index in [1.54, 1.807) is 60.8 Å². The van der Waals surface area contributed by atoms with Crippen LogP contribution in [-0.4, -0.2) is 147 Å². The van der Waals surface area contributed by atoms with Gasteiger partial charge in [0.05, 0.1) is 30.9 Å². The van der Waals surface area contributed by atoms with E-state index in [0.717, 1.165) is 38.1 Å². The van der Waals surface area contributed by atoms with E-state index in [1.807, 2.05) is 30.3 Å². The van der Waals surface area contributed by atoms with E-state index >= 15 is 0 Å². The molecule has 384 valence electrons. The van der Waals surface area contributed by atoms with E-state index in [9.17, 15) is 48.9 Å². The maximum atomic E-state index is 14.7. The number of carbonyl (C=O) groups is 7. The van der Waals surface area contributed by atoms with Gasteiger partial charge in [0.2, 0.25) is 41.4 Å². The van der Waals surface area contributed by atoms with Gasteiger partial charge in [0, 0.05) is 41.4 Å². The molecule has 4 aromatic rings. The van der Waals surface area contributed by atoms with Crippen LogP contribution in [0.15, 0.2) is 91.1 Å². The third-order valence-corrected chi connectivity index (χ3v) is 14.3. The number of nitrogens with two attached hydrogens (primary N) is 2. The number of H-pyrrole nitrogens is 1. The zero-order valence-corrected chi connectivity index (χ0v) is 41.3. The Balaban J connectivity index is 1.56. The number of para-hydroxylation sites is 1. The van der Waals surface area contributed by atoms with Crippen molar-refractivity contribution in [2.24, 2.45) is 11.5 Å². The van der Waals surface area contributed by atoms with E-state index in [0.29, 0.717) is 24.0 Å². The molecular formula is C49H66N10O10S2. The fraction of sp³-hybridized carbons (Fsp3) is 0.449. The molecule has 1 saturated heterocycles. The Labute approximate surface area is 420 Å². The zero-order valence-electron chi connectivity index (χ0n) is 39.7. The van der Waals surface area contributed by atoms with Crippen LogP contribution in [0, 0.1) is 0 Å². The molecule has 0 bridgehead atoms. The highest BCUT2D eigenvalue weighted by atomic mass is 33.1. The highest BCUT2D eigenvalue weighted by Gasteiger charge is 2.36. The van der Waals surface area contributed by atoms with Crippen molar-refractivity contribution in [2.45, 2.75) is 113 Å². The molecule has 8 unspecified atom stereocenters. The fourth-order valence-corrected chi connectivity index (χ4v) is 10.1. The number of hydrogen-bond donors (Lipinski definition) is 13. The lowest BCUT2D eigenvalue weighted by molar-refractivity contribution is -0.136. The van der Waals surface area contributed by atoms with E-state index < -0.39 is 108 Å². The number of amides is 7. The van der Waals surface area contributed by atoms with Crippen molar-refractivity contribution < 1.29 is 48.9 Å². The summed E-state index contributed by atoms with van der Waals surface area (Å²) >= 11 is 0. The van der Waals surface area contributed by atoms with Gasteiger partial charge in [-0.15, -0.1) is 0 Å². The van der Waals surface area contributed by atoms with Gasteiger partial charge in [0.15, 0.2) is 0 Å². The number of aromatic nitrogens is 1. The van der Waals surface area contributed by atoms with Crippen molar-refractivity contribution in [1.29, 1.82) is 0 Å². The number of aromatic amines is 1. The Morgan fingerprint density at radius 2 is 1.31 bits per heavy atom. The van der Waals surface area contributed by atoms with Crippen LogP contribution in [0.1, 0.15) is 49.8 Å². The van der Waals surface area contributed by atoms with Gasteiger partial charge in [-0.05, 0) is 68.8 Å². The molecule has 71 heavy (non-hydrogen) atoms. The first-order chi connectivity index (χ1) is 34.1. The average Bonchev–Trinajstić information content (AvgIpc) is 3.76. The smallest absolute Gasteiger partial charge is 0.245 e. The van der Waals surface area contributed by atoms with Gasteiger partial charge >= 0.3 is 0 Å².